The Morgan fingerprint density at radius 3 is 2.95 bits per heavy atom. The van der Waals surface area contributed by atoms with Gasteiger partial charge in [0, 0.05) is 11.8 Å². The van der Waals surface area contributed by atoms with E-state index in [1.807, 2.05) is 31.2 Å². The van der Waals surface area contributed by atoms with Crippen LogP contribution >= 0.6 is 11.8 Å². The van der Waals surface area contributed by atoms with E-state index in [0.717, 1.165) is 22.8 Å². The summed E-state index contributed by atoms with van der Waals surface area (Å²) in [5.41, 5.74) is 1.86. The van der Waals surface area contributed by atoms with Crippen LogP contribution in [0.3, 0.4) is 0 Å². The Bertz CT molecular complexity index is 612. The molecule has 1 atom stereocenters. The molecule has 2 rings (SSSR count). The number of rotatable bonds is 6. The third-order valence-corrected chi connectivity index (χ3v) is 4.09. The average molecular weight is 306 g/mol. The Morgan fingerprint density at radius 2 is 2.29 bits per heavy atom. The molecule has 0 radical (unpaired) electrons. The summed E-state index contributed by atoms with van der Waals surface area (Å²) in [7, 11) is 1.64. The number of ether oxygens (including phenoxy) is 1. The fourth-order valence-electron chi connectivity index (χ4n) is 1.70. The molecule has 0 saturated carbocycles. The number of hydrogen-bond donors (Lipinski definition) is 1. The van der Waals surface area contributed by atoms with Crippen molar-refractivity contribution in [2.75, 3.05) is 12.4 Å². The number of methoxy groups -OCH3 is 1. The van der Waals surface area contributed by atoms with Crippen molar-refractivity contribution < 1.29 is 14.1 Å². The molecule has 0 aliphatic rings. The molecular weight excluding hydrogens is 288 g/mol. The van der Waals surface area contributed by atoms with Crippen molar-refractivity contribution >= 4 is 23.6 Å². The van der Waals surface area contributed by atoms with E-state index in [1.54, 1.807) is 31.9 Å². The first kappa shape index (κ1) is 15.4. The molecule has 0 aliphatic carbocycles. The van der Waals surface area contributed by atoms with Gasteiger partial charge in [-0.2, -0.15) is 0 Å². The molecule has 2 aromatic rings. The van der Waals surface area contributed by atoms with Crippen molar-refractivity contribution in [2.45, 2.75) is 24.9 Å². The van der Waals surface area contributed by atoms with Gasteiger partial charge in [0.05, 0.1) is 18.1 Å². The number of anilines is 1. The van der Waals surface area contributed by atoms with Crippen molar-refractivity contribution in [3.8, 4) is 5.75 Å². The minimum atomic E-state index is -0.193. The number of aryl methyl sites for hydroxylation is 1. The van der Waals surface area contributed by atoms with Gasteiger partial charge in [0.25, 0.3) is 0 Å². The van der Waals surface area contributed by atoms with Gasteiger partial charge in [-0.3, -0.25) is 10.1 Å². The number of nitrogens with one attached hydrogen (secondary N) is 1. The van der Waals surface area contributed by atoms with Crippen molar-refractivity contribution in [3.63, 3.8) is 0 Å². The van der Waals surface area contributed by atoms with E-state index >= 15 is 0 Å². The highest BCUT2D eigenvalue weighted by atomic mass is 32.2. The van der Waals surface area contributed by atoms with Crippen LogP contribution in [0.5, 0.6) is 5.75 Å². The minimum absolute atomic E-state index is 0.0981. The van der Waals surface area contributed by atoms with Crippen molar-refractivity contribution in [1.29, 1.82) is 0 Å². The van der Waals surface area contributed by atoms with Gasteiger partial charge in [0.15, 0.2) is 0 Å². The molecule has 0 unspecified atom stereocenters. The molecule has 1 amide bonds. The molecule has 1 aromatic heterocycles. The van der Waals surface area contributed by atoms with E-state index in [1.165, 1.54) is 0 Å². The maximum atomic E-state index is 12.0. The van der Waals surface area contributed by atoms with Crippen molar-refractivity contribution in [3.05, 3.63) is 41.6 Å². The summed E-state index contributed by atoms with van der Waals surface area (Å²) in [5.74, 6) is 1.84. The number of hydrogen-bond acceptors (Lipinski definition) is 5. The first-order valence-electron chi connectivity index (χ1n) is 6.57. The lowest BCUT2D eigenvalue weighted by molar-refractivity contribution is -0.115. The molecule has 21 heavy (non-hydrogen) atoms. The van der Waals surface area contributed by atoms with Crippen LogP contribution < -0.4 is 10.1 Å². The topological polar surface area (TPSA) is 64.4 Å². The first-order chi connectivity index (χ1) is 10.1. The van der Waals surface area contributed by atoms with Gasteiger partial charge in [-0.25, -0.2) is 0 Å². The van der Waals surface area contributed by atoms with E-state index in [0.29, 0.717) is 5.88 Å². The van der Waals surface area contributed by atoms with E-state index in [2.05, 4.69) is 10.5 Å². The molecule has 112 valence electrons. The predicted octanol–water partition coefficient (Wildman–Crippen LogP) is 3.25. The zero-order valence-electron chi connectivity index (χ0n) is 12.3. The van der Waals surface area contributed by atoms with Crippen LogP contribution in [0, 0.1) is 6.92 Å². The van der Waals surface area contributed by atoms with Gasteiger partial charge in [0.2, 0.25) is 11.8 Å². The Morgan fingerprint density at radius 1 is 1.48 bits per heavy atom. The number of aromatic nitrogens is 1. The Balaban J connectivity index is 1.85. The first-order valence-corrected chi connectivity index (χ1v) is 7.62. The normalized spacial score (nSPS) is 12.0. The van der Waals surface area contributed by atoms with Crippen LogP contribution in [0.25, 0.3) is 0 Å². The molecule has 6 heteroatoms. The molecule has 1 heterocycles. The molecule has 5 nitrogen and oxygen atoms in total. The fraction of sp³-hybridized carbons (Fsp3) is 0.333. The fourth-order valence-corrected chi connectivity index (χ4v) is 2.54. The Hall–Kier alpha value is -1.95. The van der Waals surface area contributed by atoms with E-state index in [-0.39, 0.29) is 11.2 Å². The second kappa shape index (κ2) is 7.17. The largest absolute Gasteiger partial charge is 0.497 e. The third-order valence-electron chi connectivity index (χ3n) is 2.88. The highest BCUT2D eigenvalue weighted by molar-refractivity contribution is 7.99. The van der Waals surface area contributed by atoms with Gasteiger partial charge in [-0.1, -0.05) is 17.3 Å². The molecular formula is C15H18N2O3S. The van der Waals surface area contributed by atoms with Gasteiger partial charge >= 0.3 is 0 Å². The molecule has 0 saturated heterocycles. The second-order valence-electron chi connectivity index (χ2n) is 4.63. The van der Waals surface area contributed by atoms with Crippen LogP contribution in [0.4, 0.5) is 5.88 Å². The van der Waals surface area contributed by atoms with Crippen LogP contribution in [-0.2, 0) is 10.5 Å². The summed E-state index contributed by atoms with van der Waals surface area (Å²) in [6, 6.07) is 9.52. The van der Waals surface area contributed by atoms with Crippen LogP contribution in [-0.4, -0.2) is 23.4 Å². The average Bonchev–Trinajstić information content (AvgIpc) is 2.90. The molecule has 0 fully saturated rings. The number of amides is 1. The van der Waals surface area contributed by atoms with Crippen molar-refractivity contribution in [1.82, 2.24) is 5.16 Å². The summed E-state index contributed by atoms with van der Waals surface area (Å²) in [5, 5.41) is 6.25. The van der Waals surface area contributed by atoms with E-state index < -0.39 is 0 Å². The highest BCUT2D eigenvalue weighted by Gasteiger charge is 2.15. The maximum Gasteiger partial charge on any atom is 0.239 e. The maximum absolute atomic E-state index is 12.0. The third kappa shape index (κ3) is 4.53. The number of carbonyl (C=O) groups excluding carboxylic acids is 1. The smallest absolute Gasteiger partial charge is 0.239 e. The lowest BCUT2D eigenvalue weighted by atomic mass is 10.2. The lowest BCUT2D eigenvalue weighted by Crippen LogP contribution is -2.22. The predicted molar refractivity (Wildman–Crippen MR) is 83.6 cm³/mol. The van der Waals surface area contributed by atoms with Gasteiger partial charge in [0.1, 0.15) is 5.75 Å². The quantitative estimate of drug-likeness (QED) is 0.887. The number of carbonyl (C=O) groups is 1. The molecule has 1 N–H and O–H groups in total. The summed E-state index contributed by atoms with van der Waals surface area (Å²) in [6.07, 6.45) is 0. The lowest BCUT2D eigenvalue weighted by Gasteiger charge is -2.10. The monoisotopic (exact) mass is 306 g/mol. The van der Waals surface area contributed by atoms with Crippen LogP contribution in [0.15, 0.2) is 34.9 Å². The number of benzene rings is 1. The summed E-state index contributed by atoms with van der Waals surface area (Å²) >= 11 is 1.55. The molecule has 1 aromatic carbocycles. The van der Waals surface area contributed by atoms with Crippen LogP contribution in [0.2, 0.25) is 0 Å². The zero-order valence-corrected chi connectivity index (χ0v) is 13.1. The minimum Gasteiger partial charge on any atom is -0.497 e. The summed E-state index contributed by atoms with van der Waals surface area (Å²) < 4.78 is 10.2. The SMILES string of the molecule is COc1cccc(CS[C@@H](C)C(=O)Nc2cc(C)no2)c1. The van der Waals surface area contributed by atoms with E-state index in [9.17, 15) is 4.79 Å². The van der Waals surface area contributed by atoms with Crippen molar-refractivity contribution in [2.24, 2.45) is 0 Å². The zero-order chi connectivity index (χ0) is 15.2. The molecule has 0 aliphatic heterocycles. The summed E-state index contributed by atoms with van der Waals surface area (Å²) in [6.45, 7) is 3.67. The Labute approximate surface area is 128 Å². The second-order valence-corrected chi connectivity index (χ2v) is 5.96. The van der Waals surface area contributed by atoms with Gasteiger partial charge in [-0.15, -0.1) is 11.8 Å². The molecule has 0 bridgehead atoms. The van der Waals surface area contributed by atoms with Crippen LogP contribution in [0.1, 0.15) is 18.2 Å². The Kier molecular flexibility index (Phi) is 5.27. The summed E-state index contributed by atoms with van der Waals surface area (Å²) in [4.78, 5) is 12.0. The van der Waals surface area contributed by atoms with Gasteiger partial charge in [-0.05, 0) is 31.5 Å². The number of nitrogens with zero attached hydrogens (tertiary/aromatic N) is 1. The number of thioether (sulfide) groups is 1. The van der Waals surface area contributed by atoms with E-state index in [4.69, 9.17) is 9.26 Å². The molecule has 0 spiro atoms. The van der Waals surface area contributed by atoms with Gasteiger partial charge < -0.3 is 9.26 Å². The standard InChI is InChI=1S/C15H18N2O3S/c1-10-7-14(20-17-10)16-15(18)11(2)21-9-12-5-4-6-13(8-12)19-3/h4-8,11H,9H2,1-3H3,(H,16,18)/t11-/m0/s1. The highest BCUT2D eigenvalue weighted by Crippen LogP contribution is 2.22.